The summed E-state index contributed by atoms with van der Waals surface area (Å²) >= 11 is 0. The molecule has 0 aliphatic carbocycles. The average Bonchev–Trinajstić information content (AvgIpc) is 3.30. The molecule has 0 bridgehead atoms. The van der Waals surface area contributed by atoms with E-state index in [-0.39, 0.29) is 46.1 Å². The fourth-order valence-corrected chi connectivity index (χ4v) is 9.31. The smallest absolute Gasteiger partial charge is 0.188 e. The van der Waals surface area contributed by atoms with Crippen molar-refractivity contribution in [2.75, 3.05) is 41.0 Å². The molecule has 0 aliphatic heterocycles. The topological polar surface area (TPSA) is 55.4 Å². The Bertz CT molecular complexity index is 2680. The molecular formula is C69H92O6. The van der Waals surface area contributed by atoms with Gasteiger partial charge in [-0.2, -0.15) is 0 Å². The van der Waals surface area contributed by atoms with Gasteiger partial charge in [-0.25, -0.2) is 0 Å². The zero-order valence-corrected chi connectivity index (χ0v) is 50.2. The van der Waals surface area contributed by atoms with Crippen LogP contribution in [0.3, 0.4) is 0 Å². The van der Waals surface area contributed by atoms with Crippen LogP contribution in [0.1, 0.15) is 176 Å². The minimum atomic E-state index is -0.109. The number of hydrogen-bond acceptors (Lipinski definition) is 6. The third kappa shape index (κ3) is 14.5. The predicted octanol–water partition coefficient (Wildman–Crippen LogP) is 18.6. The second kappa shape index (κ2) is 22.6. The molecule has 6 aromatic carbocycles. The SMILES string of the molecule is COCOc1c(-c2cc(C(C)(C)C)cc(C(C)(C)C)c2)cc(C)cc1-c1cc(C(C)(C)C)ccc1OCCCOc1ccc(C(C)(C)C)cc1-c1cc(C)cc(-c2cc(C(C)(C)C)cc(C(C)(C)C)c2)c1OCOC. The minimum Gasteiger partial charge on any atom is -0.493 e. The summed E-state index contributed by atoms with van der Waals surface area (Å²) in [5.41, 5.74) is 17.5. The monoisotopic (exact) mass is 1020 g/mol. The highest BCUT2D eigenvalue weighted by Crippen LogP contribution is 2.49. The lowest BCUT2D eigenvalue weighted by molar-refractivity contribution is 0.0517. The Balaban J connectivity index is 1.41. The molecule has 0 amide bonds. The van der Waals surface area contributed by atoms with Crippen molar-refractivity contribution in [3.05, 3.63) is 142 Å². The summed E-state index contributed by atoms with van der Waals surface area (Å²) in [5, 5.41) is 0. The molecule has 6 aromatic rings. The lowest BCUT2D eigenvalue weighted by Crippen LogP contribution is -2.16. The summed E-state index contributed by atoms with van der Waals surface area (Å²) in [4.78, 5) is 0. The highest BCUT2D eigenvalue weighted by atomic mass is 16.7. The molecule has 0 spiro atoms. The Morgan fingerprint density at radius 3 is 0.880 bits per heavy atom. The average molecular weight is 1020 g/mol. The first-order valence-corrected chi connectivity index (χ1v) is 27.1. The van der Waals surface area contributed by atoms with E-state index in [1.54, 1.807) is 14.2 Å². The molecule has 6 rings (SSSR count). The van der Waals surface area contributed by atoms with Gasteiger partial charge < -0.3 is 28.4 Å². The van der Waals surface area contributed by atoms with E-state index >= 15 is 0 Å². The van der Waals surface area contributed by atoms with E-state index < -0.39 is 0 Å². The van der Waals surface area contributed by atoms with Gasteiger partial charge >= 0.3 is 0 Å². The summed E-state index contributed by atoms with van der Waals surface area (Å²) in [7, 11) is 3.34. The molecule has 6 heteroatoms. The van der Waals surface area contributed by atoms with Gasteiger partial charge in [-0.3, -0.25) is 0 Å². The Hall–Kier alpha value is -5.56. The fourth-order valence-electron chi connectivity index (χ4n) is 9.31. The van der Waals surface area contributed by atoms with Crippen LogP contribution >= 0.6 is 0 Å². The van der Waals surface area contributed by atoms with Gasteiger partial charge in [-0.1, -0.05) is 173 Å². The van der Waals surface area contributed by atoms with Crippen LogP contribution in [0.5, 0.6) is 23.0 Å². The van der Waals surface area contributed by atoms with Crippen molar-refractivity contribution in [1.82, 2.24) is 0 Å². The van der Waals surface area contributed by atoms with Crippen LogP contribution in [-0.2, 0) is 42.0 Å². The Morgan fingerprint density at radius 1 is 0.307 bits per heavy atom. The van der Waals surface area contributed by atoms with Crippen LogP contribution in [0.15, 0.2) is 97.1 Å². The molecule has 0 N–H and O–H groups in total. The van der Waals surface area contributed by atoms with Crippen LogP contribution in [0.2, 0.25) is 0 Å². The van der Waals surface area contributed by atoms with Gasteiger partial charge in [0.25, 0.3) is 0 Å². The number of benzene rings is 6. The number of aryl methyl sites for hydroxylation is 2. The van der Waals surface area contributed by atoms with E-state index in [1.807, 2.05) is 0 Å². The van der Waals surface area contributed by atoms with Crippen molar-refractivity contribution < 1.29 is 28.4 Å². The van der Waals surface area contributed by atoms with Crippen LogP contribution in [0.25, 0.3) is 44.5 Å². The molecule has 0 aromatic heterocycles. The largest absolute Gasteiger partial charge is 0.493 e. The molecule has 0 radical (unpaired) electrons. The van der Waals surface area contributed by atoms with E-state index in [9.17, 15) is 0 Å². The highest BCUT2D eigenvalue weighted by Gasteiger charge is 2.28. The van der Waals surface area contributed by atoms with Gasteiger partial charge in [0.2, 0.25) is 0 Å². The first kappa shape index (κ1) is 58.7. The summed E-state index contributed by atoms with van der Waals surface area (Å²) in [6.45, 7) is 46.3. The normalized spacial score (nSPS) is 12.8. The molecular weight excluding hydrogens is 925 g/mol. The maximum atomic E-state index is 6.86. The molecule has 0 fully saturated rings. The zero-order chi connectivity index (χ0) is 55.6. The van der Waals surface area contributed by atoms with Crippen LogP contribution in [0.4, 0.5) is 0 Å². The van der Waals surface area contributed by atoms with E-state index in [4.69, 9.17) is 28.4 Å². The maximum absolute atomic E-state index is 6.86. The molecule has 0 saturated heterocycles. The second-order valence-electron chi connectivity index (χ2n) is 27.1. The second-order valence-corrected chi connectivity index (χ2v) is 27.1. The quantitative estimate of drug-likeness (QED) is 0.0711. The van der Waals surface area contributed by atoms with E-state index in [2.05, 4.69) is 236 Å². The van der Waals surface area contributed by atoms with Gasteiger partial charge in [0.15, 0.2) is 13.6 Å². The first-order chi connectivity index (χ1) is 34.7. The van der Waals surface area contributed by atoms with Crippen LogP contribution in [-0.4, -0.2) is 41.0 Å². The molecule has 404 valence electrons. The van der Waals surface area contributed by atoms with Gasteiger partial charge in [0, 0.05) is 54.0 Å². The van der Waals surface area contributed by atoms with Gasteiger partial charge in [0.1, 0.15) is 23.0 Å². The summed E-state index contributed by atoms with van der Waals surface area (Å²) in [6, 6.07) is 36.2. The zero-order valence-electron chi connectivity index (χ0n) is 50.2. The maximum Gasteiger partial charge on any atom is 0.188 e. The van der Waals surface area contributed by atoms with Crippen LogP contribution in [0, 0.1) is 13.8 Å². The Labute approximate surface area is 453 Å². The van der Waals surface area contributed by atoms with Crippen LogP contribution < -0.4 is 18.9 Å². The van der Waals surface area contributed by atoms with Crippen molar-refractivity contribution in [1.29, 1.82) is 0 Å². The highest BCUT2D eigenvalue weighted by molar-refractivity contribution is 5.88. The van der Waals surface area contributed by atoms with Crippen molar-refractivity contribution >= 4 is 0 Å². The molecule has 0 unspecified atom stereocenters. The molecule has 75 heavy (non-hydrogen) atoms. The van der Waals surface area contributed by atoms with Gasteiger partial charge in [-0.15, -0.1) is 0 Å². The van der Waals surface area contributed by atoms with Gasteiger partial charge in [-0.05, 0) is 151 Å². The minimum absolute atomic E-state index is 0.0547. The fraction of sp³-hybridized carbons (Fsp3) is 0.478. The van der Waals surface area contributed by atoms with Crippen molar-refractivity contribution in [3.63, 3.8) is 0 Å². The van der Waals surface area contributed by atoms with Crippen molar-refractivity contribution in [2.24, 2.45) is 0 Å². The summed E-state index contributed by atoms with van der Waals surface area (Å²) in [6.07, 6.45) is 0.642. The van der Waals surface area contributed by atoms with E-state index in [1.165, 1.54) is 33.4 Å². The Morgan fingerprint density at radius 2 is 0.600 bits per heavy atom. The Kier molecular flexibility index (Phi) is 17.7. The first-order valence-electron chi connectivity index (χ1n) is 27.1. The third-order valence-corrected chi connectivity index (χ3v) is 14.1. The molecule has 6 nitrogen and oxygen atoms in total. The number of rotatable bonds is 16. The van der Waals surface area contributed by atoms with E-state index in [0.717, 1.165) is 78.6 Å². The molecule has 0 aliphatic rings. The lowest BCUT2D eigenvalue weighted by Gasteiger charge is -2.27. The standard InChI is InChI=1S/C69H92O6/c1-44-30-54(46-34-50(66(9,10)11)38-51(35-46)67(12,13)14)62(74-42-70-21)58(32-44)56-40-48(64(3,4)5)24-26-60(56)72-28-23-29-73-61-27-25-49(65(6,7)8)41-57(61)59-33-45(2)31-55(63(59)75-43-71-22)47-36-52(68(15,16)17)39-53(37-47)69(18,19)20/h24-27,30-41H,23,28-29,42-43H2,1-22H3. The predicted molar refractivity (Wildman–Crippen MR) is 317 cm³/mol. The number of ether oxygens (including phenoxy) is 6. The van der Waals surface area contributed by atoms with E-state index in [0.29, 0.717) is 19.6 Å². The lowest BCUT2D eigenvalue weighted by atomic mass is 9.78. The third-order valence-electron chi connectivity index (χ3n) is 14.1. The van der Waals surface area contributed by atoms with Crippen molar-refractivity contribution in [3.8, 4) is 67.5 Å². The number of methoxy groups -OCH3 is 2. The number of hydrogen-bond donors (Lipinski definition) is 0. The van der Waals surface area contributed by atoms with Gasteiger partial charge in [0.05, 0.1) is 13.2 Å². The molecule has 0 heterocycles. The molecule has 0 atom stereocenters. The van der Waals surface area contributed by atoms with Crippen molar-refractivity contribution in [2.45, 2.75) is 177 Å². The molecule has 0 saturated carbocycles. The summed E-state index contributed by atoms with van der Waals surface area (Å²) < 4.78 is 38.3. The summed E-state index contributed by atoms with van der Waals surface area (Å²) in [5.74, 6) is 3.11.